The Morgan fingerprint density at radius 1 is 1.50 bits per heavy atom. The molecule has 4 N–H and O–H groups in total. The average molecular weight is 244 g/mol. The summed E-state index contributed by atoms with van der Waals surface area (Å²) in [5.41, 5.74) is 5.12. The van der Waals surface area contributed by atoms with E-state index in [1.165, 1.54) is 18.2 Å². The second kappa shape index (κ2) is 4.31. The molecule has 0 saturated carbocycles. The molecule has 0 aliphatic rings. The molecular formula is C11H14ClNO3. The third-order valence-electron chi connectivity index (χ3n) is 2.70. The Morgan fingerprint density at radius 3 is 2.56 bits per heavy atom. The number of nitrogens with two attached hydrogens (primary N) is 1. The highest BCUT2D eigenvalue weighted by Crippen LogP contribution is 2.34. The predicted molar refractivity (Wildman–Crippen MR) is 61.8 cm³/mol. The maximum absolute atomic E-state index is 10.9. The van der Waals surface area contributed by atoms with E-state index in [1.54, 1.807) is 13.8 Å². The Morgan fingerprint density at radius 2 is 2.06 bits per heavy atom. The summed E-state index contributed by atoms with van der Waals surface area (Å²) in [6, 6.07) is 3.37. The van der Waals surface area contributed by atoms with Gasteiger partial charge >= 0.3 is 5.97 Å². The minimum absolute atomic E-state index is 0.00824. The predicted octanol–water partition coefficient (Wildman–Crippen LogP) is 1.74. The zero-order chi connectivity index (χ0) is 12.5. The highest BCUT2D eigenvalue weighted by atomic mass is 35.5. The molecule has 0 radical (unpaired) electrons. The number of hydrogen-bond donors (Lipinski definition) is 3. The summed E-state index contributed by atoms with van der Waals surface area (Å²) in [7, 11) is 0. The highest BCUT2D eigenvalue weighted by Gasteiger charge is 2.35. The number of rotatable bonds is 3. The van der Waals surface area contributed by atoms with Gasteiger partial charge in [0.05, 0.1) is 0 Å². The van der Waals surface area contributed by atoms with Crippen molar-refractivity contribution in [3.05, 3.63) is 28.8 Å². The van der Waals surface area contributed by atoms with Crippen LogP contribution in [0.1, 0.15) is 19.4 Å². The van der Waals surface area contributed by atoms with E-state index in [-0.39, 0.29) is 5.75 Å². The summed E-state index contributed by atoms with van der Waals surface area (Å²) >= 11 is 5.81. The van der Waals surface area contributed by atoms with Gasteiger partial charge in [0.25, 0.3) is 0 Å². The van der Waals surface area contributed by atoms with Crippen molar-refractivity contribution in [3.8, 4) is 5.75 Å². The van der Waals surface area contributed by atoms with E-state index >= 15 is 0 Å². The van der Waals surface area contributed by atoms with Gasteiger partial charge in [-0.3, -0.25) is 4.79 Å². The number of halogens is 1. The number of hydrogen-bond acceptors (Lipinski definition) is 3. The fourth-order valence-electron chi connectivity index (χ4n) is 1.50. The molecule has 16 heavy (non-hydrogen) atoms. The number of carbonyl (C=O) groups is 1. The summed E-state index contributed by atoms with van der Waals surface area (Å²) in [6.07, 6.45) is 0. The molecule has 1 rings (SSSR count). The number of phenols is 1. The third-order valence-corrected chi connectivity index (χ3v) is 2.93. The van der Waals surface area contributed by atoms with Gasteiger partial charge in [0.1, 0.15) is 11.8 Å². The second-order valence-electron chi connectivity index (χ2n) is 4.20. The lowest BCUT2D eigenvalue weighted by Crippen LogP contribution is -2.46. The maximum atomic E-state index is 10.9. The summed E-state index contributed by atoms with van der Waals surface area (Å²) in [6.45, 7) is 3.30. The molecule has 4 nitrogen and oxygen atoms in total. The molecule has 1 aromatic carbocycles. The van der Waals surface area contributed by atoms with Crippen LogP contribution in [0.25, 0.3) is 0 Å². The molecule has 0 aliphatic heterocycles. The van der Waals surface area contributed by atoms with Crippen molar-refractivity contribution < 1.29 is 15.0 Å². The topological polar surface area (TPSA) is 83.5 Å². The van der Waals surface area contributed by atoms with Gasteiger partial charge in [-0.05, 0) is 18.2 Å². The molecule has 0 aromatic heterocycles. The van der Waals surface area contributed by atoms with Crippen LogP contribution in [-0.2, 0) is 10.2 Å². The van der Waals surface area contributed by atoms with E-state index in [9.17, 15) is 9.90 Å². The minimum atomic E-state index is -1.12. The molecule has 5 heteroatoms. The molecule has 0 aliphatic carbocycles. The Balaban J connectivity index is 3.25. The Bertz CT molecular complexity index is 418. The van der Waals surface area contributed by atoms with E-state index in [0.717, 1.165) is 0 Å². The van der Waals surface area contributed by atoms with Crippen LogP contribution >= 0.6 is 11.6 Å². The van der Waals surface area contributed by atoms with Crippen molar-refractivity contribution >= 4 is 17.6 Å². The Labute approximate surface area is 98.6 Å². The summed E-state index contributed by atoms with van der Waals surface area (Å²) < 4.78 is 0. The normalized spacial score (nSPS) is 13.5. The SMILES string of the molecule is CC(C)(c1cc(Cl)ccc1O)C(N)C(=O)O. The number of carboxylic acids is 1. The van der Waals surface area contributed by atoms with Gasteiger partial charge in [0.2, 0.25) is 0 Å². The van der Waals surface area contributed by atoms with E-state index in [2.05, 4.69) is 0 Å². The third kappa shape index (κ3) is 2.28. The average Bonchev–Trinajstić information content (AvgIpc) is 2.20. The highest BCUT2D eigenvalue weighted by molar-refractivity contribution is 6.30. The molecule has 1 aromatic rings. The second-order valence-corrected chi connectivity index (χ2v) is 4.64. The van der Waals surface area contributed by atoms with Crippen LogP contribution in [0.3, 0.4) is 0 Å². The summed E-state index contributed by atoms with van der Waals surface area (Å²) in [4.78, 5) is 10.9. The number of phenolic OH excluding ortho intramolecular Hbond substituents is 1. The molecule has 1 unspecified atom stereocenters. The molecule has 88 valence electrons. The number of aliphatic carboxylic acids is 1. The lowest BCUT2D eigenvalue weighted by atomic mass is 9.77. The van der Waals surface area contributed by atoms with Crippen molar-refractivity contribution in [2.24, 2.45) is 5.73 Å². The van der Waals surface area contributed by atoms with Crippen LogP contribution in [0.5, 0.6) is 5.75 Å². The van der Waals surface area contributed by atoms with Crippen molar-refractivity contribution in [2.75, 3.05) is 0 Å². The molecular weight excluding hydrogens is 230 g/mol. The van der Waals surface area contributed by atoms with E-state index in [1.807, 2.05) is 0 Å². The van der Waals surface area contributed by atoms with E-state index in [4.69, 9.17) is 22.4 Å². The number of carboxylic acid groups (broad SMARTS) is 1. The number of benzene rings is 1. The maximum Gasteiger partial charge on any atom is 0.321 e. The van der Waals surface area contributed by atoms with Crippen LogP contribution < -0.4 is 5.73 Å². The van der Waals surface area contributed by atoms with Gasteiger partial charge in [-0.1, -0.05) is 25.4 Å². The first-order chi connectivity index (χ1) is 7.26. The first-order valence-electron chi connectivity index (χ1n) is 4.74. The van der Waals surface area contributed by atoms with Gasteiger partial charge in [-0.15, -0.1) is 0 Å². The molecule has 0 fully saturated rings. The monoisotopic (exact) mass is 243 g/mol. The molecule has 0 amide bonds. The lowest BCUT2D eigenvalue weighted by Gasteiger charge is -2.29. The van der Waals surface area contributed by atoms with Crippen LogP contribution in [-0.4, -0.2) is 22.2 Å². The Hall–Kier alpha value is -1.26. The quantitative estimate of drug-likeness (QED) is 0.755. The number of aromatic hydroxyl groups is 1. The lowest BCUT2D eigenvalue weighted by molar-refractivity contribution is -0.140. The first-order valence-corrected chi connectivity index (χ1v) is 5.12. The van der Waals surface area contributed by atoms with Crippen molar-refractivity contribution in [1.82, 2.24) is 0 Å². The van der Waals surface area contributed by atoms with Gasteiger partial charge in [0, 0.05) is 16.0 Å². The van der Waals surface area contributed by atoms with E-state index < -0.39 is 17.4 Å². The van der Waals surface area contributed by atoms with Gasteiger partial charge < -0.3 is 15.9 Å². The van der Waals surface area contributed by atoms with Gasteiger partial charge in [-0.25, -0.2) is 0 Å². The fourth-order valence-corrected chi connectivity index (χ4v) is 1.67. The first kappa shape index (κ1) is 12.8. The van der Waals surface area contributed by atoms with Crippen molar-refractivity contribution in [2.45, 2.75) is 25.3 Å². The van der Waals surface area contributed by atoms with Crippen molar-refractivity contribution in [1.29, 1.82) is 0 Å². The molecule has 0 spiro atoms. The standard InChI is InChI=1S/C11H14ClNO3/c1-11(2,9(13)10(15)16)7-5-6(12)3-4-8(7)14/h3-5,9,14H,13H2,1-2H3,(H,15,16). The fraction of sp³-hybridized carbons (Fsp3) is 0.364. The zero-order valence-corrected chi connectivity index (χ0v) is 9.82. The molecule has 0 bridgehead atoms. The smallest absolute Gasteiger partial charge is 0.321 e. The Kier molecular flexibility index (Phi) is 3.45. The zero-order valence-electron chi connectivity index (χ0n) is 9.07. The van der Waals surface area contributed by atoms with Crippen LogP contribution in [0.2, 0.25) is 5.02 Å². The van der Waals surface area contributed by atoms with Gasteiger partial charge in [0.15, 0.2) is 0 Å². The summed E-state index contributed by atoms with van der Waals surface area (Å²) in [5.74, 6) is -1.13. The molecule has 0 saturated heterocycles. The van der Waals surface area contributed by atoms with Crippen molar-refractivity contribution in [3.63, 3.8) is 0 Å². The minimum Gasteiger partial charge on any atom is -0.508 e. The largest absolute Gasteiger partial charge is 0.508 e. The summed E-state index contributed by atoms with van der Waals surface area (Å²) in [5, 5.41) is 19.0. The van der Waals surface area contributed by atoms with Crippen LogP contribution in [0, 0.1) is 0 Å². The molecule has 1 atom stereocenters. The van der Waals surface area contributed by atoms with E-state index in [0.29, 0.717) is 10.6 Å². The van der Waals surface area contributed by atoms with Crippen LogP contribution in [0.15, 0.2) is 18.2 Å². The van der Waals surface area contributed by atoms with Gasteiger partial charge in [-0.2, -0.15) is 0 Å². The van der Waals surface area contributed by atoms with Crippen LogP contribution in [0.4, 0.5) is 0 Å². The molecule has 0 heterocycles.